The molecule has 0 aliphatic heterocycles. The van der Waals surface area contributed by atoms with Gasteiger partial charge in [-0.05, 0) is 0 Å². The van der Waals surface area contributed by atoms with Crippen molar-refractivity contribution in [3.63, 3.8) is 0 Å². The molecule has 0 fully saturated rings. The van der Waals surface area contributed by atoms with Gasteiger partial charge in [0, 0.05) is 0 Å². The molecule has 0 spiro atoms. The number of rotatable bonds is 6. The van der Waals surface area contributed by atoms with E-state index in [0.717, 1.165) is 0 Å². The maximum atomic E-state index is 12.7. The van der Waals surface area contributed by atoms with Crippen LogP contribution < -0.4 is 0 Å². The molecule has 1 aromatic rings. The molecule has 0 aliphatic carbocycles. The molecule has 1 N–H and O–H groups in total. The summed E-state index contributed by atoms with van der Waals surface area (Å²) in [6.45, 7) is 0. The van der Waals surface area contributed by atoms with Gasteiger partial charge in [-0.15, -0.1) is 0 Å². The molecule has 0 atom stereocenters. The third kappa shape index (κ3) is 8.09. The first kappa shape index (κ1) is 28.0. The summed E-state index contributed by atoms with van der Waals surface area (Å²) in [5.74, 6) is 0. The zero-order valence-corrected chi connectivity index (χ0v) is 16.8. The van der Waals surface area contributed by atoms with Crippen LogP contribution in [0.15, 0.2) is 29.2 Å². The van der Waals surface area contributed by atoms with Crippen LogP contribution >= 0.6 is 20.6 Å². The monoisotopic (exact) mass is 618 g/mol. The van der Waals surface area contributed by atoms with Crippen LogP contribution in [0, 0.1) is 3.57 Å². The Morgan fingerprint density at radius 1 is 0.677 bits per heavy atom. The van der Waals surface area contributed by atoms with Gasteiger partial charge in [-0.3, -0.25) is 0 Å². The van der Waals surface area contributed by atoms with E-state index in [1.165, 1.54) is 0 Å². The Labute approximate surface area is 172 Å². The second-order valence-corrected chi connectivity index (χ2v) is 10.2. The quantitative estimate of drug-likeness (QED) is 0.261. The fraction of sp³-hybridized carbons (Fsp3) is 0.500. The van der Waals surface area contributed by atoms with E-state index in [1.54, 1.807) is 0 Å². The number of alkyl halides is 12. The normalized spacial score (nSPS) is 15.0. The summed E-state index contributed by atoms with van der Waals surface area (Å²) in [4.78, 5) is -1.02. The van der Waals surface area contributed by atoms with Crippen LogP contribution in [0.3, 0.4) is 0 Å². The second kappa shape index (κ2) is 9.06. The summed E-state index contributed by atoms with van der Waals surface area (Å²) < 4.78 is 189. The molecule has 0 amide bonds. The molecular weight excluding hydrogens is 611 g/mol. The van der Waals surface area contributed by atoms with Gasteiger partial charge in [-0.1, -0.05) is 0 Å². The third-order valence-corrected chi connectivity index (χ3v) is 7.36. The molecule has 1 rings (SSSR count). The van der Waals surface area contributed by atoms with Gasteiger partial charge in [0.15, 0.2) is 0 Å². The van der Waals surface area contributed by atoms with E-state index in [0.29, 0.717) is 12.1 Å². The van der Waals surface area contributed by atoms with Crippen LogP contribution in [0.4, 0.5) is 52.7 Å². The molecule has 0 saturated heterocycles. The fourth-order valence-corrected chi connectivity index (χ4v) is 5.78. The molecular formula is C12H7F12IO5S. The molecule has 1 aromatic carbocycles. The Morgan fingerprint density at radius 3 is 1.19 bits per heavy atom. The Balaban J connectivity index is 3.52. The van der Waals surface area contributed by atoms with Crippen LogP contribution in [0.1, 0.15) is 0 Å². The van der Waals surface area contributed by atoms with Crippen molar-refractivity contribution in [3.05, 3.63) is 27.8 Å². The van der Waals surface area contributed by atoms with Crippen molar-refractivity contribution < 1.29 is 71.8 Å². The summed E-state index contributed by atoms with van der Waals surface area (Å²) in [7, 11) is -4.97. The molecule has 5 nitrogen and oxygen atoms in total. The van der Waals surface area contributed by atoms with Crippen LogP contribution in [0.2, 0.25) is 0 Å². The van der Waals surface area contributed by atoms with Gasteiger partial charge in [0.1, 0.15) is 0 Å². The molecule has 0 aliphatic rings. The average molecular weight is 618 g/mol. The van der Waals surface area contributed by atoms with Crippen molar-refractivity contribution in [1.29, 1.82) is 0 Å². The fourth-order valence-electron chi connectivity index (χ4n) is 1.57. The van der Waals surface area contributed by atoms with Crippen molar-refractivity contribution in [1.82, 2.24) is 0 Å². The Kier molecular flexibility index (Phi) is 8.17. The molecule has 0 aromatic heterocycles. The van der Waals surface area contributed by atoms with Crippen molar-refractivity contribution in [2.24, 2.45) is 0 Å². The molecule has 0 radical (unpaired) electrons. The van der Waals surface area contributed by atoms with Crippen molar-refractivity contribution >= 4 is 30.8 Å². The van der Waals surface area contributed by atoms with Crippen LogP contribution in [0.5, 0.6) is 0 Å². The van der Waals surface area contributed by atoms with E-state index in [9.17, 15) is 61.1 Å². The van der Waals surface area contributed by atoms with E-state index in [4.69, 9.17) is 4.55 Å². The molecule has 0 saturated carbocycles. The van der Waals surface area contributed by atoms with E-state index in [2.05, 4.69) is 6.13 Å². The summed E-state index contributed by atoms with van der Waals surface area (Å²) in [5, 5.41) is 0. The van der Waals surface area contributed by atoms with E-state index in [1.807, 2.05) is 0 Å². The van der Waals surface area contributed by atoms with Crippen molar-refractivity contribution in [2.75, 3.05) is 0 Å². The minimum atomic E-state index is -6.29. The number of hydrogen-bond acceptors (Lipinski definition) is 4. The van der Waals surface area contributed by atoms with Gasteiger partial charge < -0.3 is 0 Å². The first-order valence-corrected chi connectivity index (χ1v) is 11.2. The number of halogens is 13. The predicted octanol–water partition coefficient (Wildman–Crippen LogP) is 5.46. The average Bonchev–Trinajstić information content (AvgIpc) is 2.49. The standard InChI is InChI=1S/C12H7F12IO5S/c13-9(14,15)7(10(16,17)18)29-25(30-8(11(19,20)21)12(22,23)24)5-1-3-6(4-2-5)31(26,27)28/h1-4,7-8H,(H,26,27,28). The maximum absolute atomic E-state index is 12.7. The Hall–Kier alpha value is -1.06. The van der Waals surface area contributed by atoms with E-state index < -0.39 is 76.1 Å². The number of benzene rings is 1. The van der Waals surface area contributed by atoms with Gasteiger partial charge in [-0.2, -0.15) is 0 Å². The zero-order valence-electron chi connectivity index (χ0n) is 13.9. The summed E-state index contributed by atoms with van der Waals surface area (Å²) in [6, 6.07) is 1.10. The SMILES string of the molecule is O=S(=O)(O)c1ccc(I(OC(C(F)(F)F)C(F)(F)F)OC(C(F)(F)F)C(F)(F)F)cc1. The molecule has 0 bridgehead atoms. The third-order valence-electron chi connectivity index (χ3n) is 2.82. The first-order chi connectivity index (χ1) is 13.5. The van der Waals surface area contributed by atoms with Crippen LogP contribution in [-0.4, -0.2) is 49.9 Å². The first-order valence-electron chi connectivity index (χ1n) is 6.93. The Morgan fingerprint density at radius 2 is 0.968 bits per heavy atom. The zero-order chi connectivity index (χ0) is 24.6. The second-order valence-electron chi connectivity index (χ2n) is 5.25. The molecule has 182 valence electrons. The van der Waals surface area contributed by atoms with E-state index >= 15 is 0 Å². The summed E-state index contributed by atoms with van der Waals surface area (Å²) >= 11 is -5.56. The predicted molar refractivity (Wildman–Crippen MR) is 82.9 cm³/mol. The van der Waals surface area contributed by atoms with Crippen molar-refractivity contribution in [2.45, 2.75) is 41.8 Å². The minimum absolute atomic E-state index is 0.252. The van der Waals surface area contributed by atoms with Gasteiger partial charge in [-0.25, -0.2) is 0 Å². The summed E-state index contributed by atoms with van der Waals surface area (Å²) in [5.41, 5.74) is 0. The number of hydrogen-bond donors (Lipinski definition) is 1. The van der Waals surface area contributed by atoms with Gasteiger partial charge >= 0.3 is 172 Å². The molecule has 0 heterocycles. The van der Waals surface area contributed by atoms with E-state index in [-0.39, 0.29) is 12.1 Å². The topological polar surface area (TPSA) is 72.8 Å². The van der Waals surface area contributed by atoms with Gasteiger partial charge in [0.25, 0.3) is 0 Å². The van der Waals surface area contributed by atoms with Crippen LogP contribution in [0.25, 0.3) is 0 Å². The Bertz CT molecular complexity index is 781. The molecule has 31 heavy (non-hydrogen) atoms. The van der Waals surface area contributed by atoms with Gasteiger partial charge in [0.05, 0.1) is 0 Å². The van der Waals surface area contributed by atoms with Crippen molar-refractivity contribution in [3.8, 4) is 0 Å². The molecule has 0 unspecified atom stereocenters. The van der Waals surface area contributed by atoms with Gasteiger partial charge in [0.2, 0.25) is 0 Å². The molecule has 19 heteroatoms. The summed E-state index contributed by atoms with van der Waals surface area (Å²) in [6.07, 6.45) is -34.8. The van der Waals surface area contributed by atoms with Crippen LogP contribution in [-0.2, 0) is 16.3 Å².